The number of rotatable bonds is 4. The maximum atomic E-state index is 13.1. The summed E-state index contributed by atoms with van der Waals surface area (Å²) in [6.07, 6.45) is 2.64. The lowest BCUT2D eigenvalue weighted by Gasteiger charge is -2.43. The van der Waals surface area contributed by atoms with Gasteiger partial charge in [0, 0.05) is 18.3 Å². The first-order valence-electron chi connectivity index (χ1n) is 8.20. The van der Waals surface area contributed by atoms with Crippen LogP contribution in [-0.4, -0.2) is 11.9 Å². The second-order valence-electron chi connectivity index (χ2n) is 6.28. The Kier molecular flexibility index (Phi) is 4.70. The average Bonchev–Trinajstić information content (AvgIpc) is 2.51. The van der Waals surface area contributed by atoms with Crippen molar-refractivity contribution >= 4 is 23.3 Å². The molecule has 2 aromatic carbocycles. The van der Waals surface area contributed by atoms with E-state index in [1.165, 1.54) is 19.1 Å². The minimum absolute atomic E-state index is 0.175. The summed E-state index contributed by atoms with van der Waals surface area (Å²) in [7, 11) is 0. The molecule has 0 unspecified atom stereocenters. The standard InChI is InChI=1S/C19H20FN3O2/c1-13(24)21-16-4-2-5-17(12-16)22-18(25)23-19(10-3-11-19)14-6-8-15(20)9-7-14/h2,4-9,12H,3,10-11H2,1H3,(H,21,24)(H2,22,23,25). The number of amides is 3. The number of hydrogen-bond donors (Lipinski definition) is 3. The second kappa shape index (κ2) is 6.93. The van der Waals surface area contributed by atoms with Gasteiger partial charge in [-0.15, -0.1) is 0 Å². The van der Waals surface area contributed by atoms with E-state index in [-0.39, 0.29) is 17.8 Å². The molecular weight excluding hydrogens is 321 g/mol. The Morgan fingerprint density at radius 3 is 2.20 bits per heavy atom. The van der Waals surface area contributed by atoms with Gasteiger partial charge in [-0.05, 0) is 55.2 Å². The lowest BCUT2D eigenvalue weighted by Crippen LogP contribution is -2.52. The third-order valence-corrected chi connectivity index (χ3v) is 4.40. The Bertz CT molecular complexity index is 786. The maximum Gasteiger partial charge on any atom is 0.319 e. The molecule has 0 heterocycles. The molecule has 6 heteroatoms. The molecule has 0 aliphatic heterocycles. The first-order chi connectivity index (χ1) is 12.0. The predicted octanol–water partition coefficient (Wildman–Crippen LogP) is 3.99. The van der Waals surface area contributed by atoms with Crippen LogP contribution >= 0.6 is 0 Å². The summed E-state index contributed by atoms with van der Waals surface area (Å²) in [4.78, 5) is 23.5. The molecule has 3 rings (SSSR count). The van der Waals surface area contributed by atoms with Gasteiger partial charge in [0.15, 0.2) is 0 Å². The summed E-state index contributed by atoms with van der Waals surface area (Å²) in [5.41, 5.74) is 1.65. The van der Waals surface area contributed by atoms with E-state index >= 15 is 0 Å². The monoisotopic (exact) mass is 341 g/mol. The van der Waals surface area contributed by atoms with Crippen molar-refractivity contribution in [2.24, 2.45) is 0 Å². The highest BCUT2D eigenvalue weighted by molar-refractivity contribution is 5.92. The zero-order valence-electron chi connectivity index (χ0n) is 13.9. The first-order valence-corrected chi connectivity index (χ1v) is 8.20. The Hall–Kier alpha value is -2.89. The van der Waals surface area contributed by atoms with Gasteiger partial charge < -0.3 is 16.0 Å². The van der Waals surface area contributed by atoms with Gasteiger partial charge in [-0.25, -0.2) is 9.18 Å². The largest absolute Gasteiger partial charge is 0.328 e. The molecular formula is C19H20FN3O2. The van der Waals surface area contributed by atoms with Gasteiger partial charge in [-0.3, -0.25) is 4.79 Å². The van der Waals surface area contributed by atoms with Crippen LogP contribution < -0.4 is 16.0 Å². The molecule has 1 fully saturated rings. The van der Waals surface area contributed by atoms with Gasteiger partial charge in [-0.2, -0.15) is 0 Å². The van der Waals surface area contributed by atoms with Crippen molar-refractivity contribution in [3.8, 4) is 0 Å². The number of halogens is 1. The van der Waals surface area contributed by atoms with Crippen LogP contribution in [0.25, 0.3) is 0 Å². The van der Waals surface area contributed by atoms with Crippen LogP contribution in [0.3, 0.4) is 0 Å². The van der Waals surface area contributed by atoms with Crippen molar-refractivity contribution in [1.82, 2.24) is 5.32 Å². The van der Waals surface area contributed by atoms with Crippen molar-refractivity contribution in [1.29, 1.82) is 0 Å². The van der Waals surface area contributed by atoms with Gasteiger partial charge in [0.25, 0.3) is 0 Å². The van der Waals surface area contributed by atoms with Crippen molar-refractivity contribution < 1.29 is 14.0 Å². The summed E-state index contributed by atoms with van der Waals surface area (Å²) >= 11 is 0. The minimum Gasteiger partial charge on any atom is -0.328 e. The summed E-state index contributed by atoms with van der Waals surface area (Å²) in [5.74, 6) is -0.469. The van der Waals surface area contributed by atoms with E-state index in [2.05, 4.69) is 16.0 Å². The van der Waals surface area contributed by atoms with E-state index < -0.39 is 5.54 Å². The molecule has 0 bridgehead atoms. The quantitative estimate of drug-likeness (QED) is 0.787. The van der Waals surface area contributed by atoms with Crippen LogP contribution in [0, 0.1) is 5.82 Å². The zero-order chi connectivity index (χ0) is 17.9. The molecule has 0 radical (unpaired) electrons. The van der Waals surface area contributed by atoms with Gasteiger partial charge in [-0.1, -0.05) is 18.2 Å². The number of benzene rings is 2. The fraction of sp³-hybridized carbons (Fsp3) is 0.263. The van der Waals surface area contributed by atoms with Crippen molar-refractivity contribution in [3.05, 3.63) is 59.9 Å². The third-order valence-electron chi connectivity index (χ3n) is 4.40. The Labute approximate surface area is 145 Å². The molecule has 3 amide bonds. The summed E-state index contributed by atoms with van der Waals surface area (Å²) in [5, 5.41) is 8.47. The lowest BCUT2D eigenvalue weighted by molar-refractivity contribution is -0.114. The van der Waals surface area contributed by atoms with Crippen LogP contribution in [0.4, 0.5) is 20.6 Å². The SMILES string of the molecule is CC(=O)Nc1cccc(NC(=O)NC2(c3ccc(F)cc3)CCC2)c1. The van der Waals surface area contributed by atoms with Crippen LogP contribution in [0.2, 0.25) is 0 Å². The van der Waals surface area contributed by atoms with Crippen molar-refractivity contribution in [2.45, 2.75) is 31.7 Å². The van der Waals surface area contributed by atoms with Gasteiger partial charge in [0.05, 0.1) is 5.54 Å². The number of hydrogen-bond acceptors (Lipinski definition) is 2. The molecule has 1 aliphatic rings. The lowest BCUT2D eigenvalue weighted by atomic mass is 9.72. The normalized spacial score (nSPS) is 15.0. The second-order valence-corrected chi connectivity index (χ2v) is 6.28. The van der Waals surface area contributed by atoms with Gasteiger partial charge >= 0.3 is 6.03 Å². The molecule has 1 saturated carbocycles. The highest BCUT2D eigenvalue weighted by Gasteiger charge is 2.40. The summed E-state index contributed by atoms with van der Waals surface area (Å²) < 4.78 is 13.1. The van der Waals surface area contributed by atoms with Gasteiger partial charge in [0.2, 0.25) is 5.91 Å². The molecule has 0 atom stereocenters. The van der Waals surface area contributed by atoms with E-state index in [9.17, 15) is 14.0 Å². The molecule has 0 spiro atoms. The number of carbonyl (C=O) groups excluding carboxylic acids is 2. The van der Waals surface area contributed by atoms with E-state index in [0.717, 1.165) is 24.8 Å². The third kappa shape index (κ3) is 3.96. The molecule has 2 aromatic rings. The Morgan fingerprint density at radius 2 is 1.64 bits per heavy atom. The molecule has 1 aliphatic carbocycles. The van der Waals surface area contributed by atoms with Crippen LogP contribution in [-0.2, 0) is 10.3 Å². The summed E-state index contributed by atoms with van der Waals surface area (Å²) in [6.45, 7) is 1.43. The van der Waals surface area contributed by atoms with Crippen molar-refractivity contribution in [3.63, 3.8) is 0 Å². The number of anilines is 2. The molecule has 5 nitrogen and oxygen atoms in total. The average molecular weight is 341 g/mol. The van der Waals surface area contributed by atoms with Crippen LogP contribution in [0.1, 0.15) is 31.7 Å². The van der Waals surface area contributed by atoms with Gasteiger partial charge in [0.1, 0.15) is 5.82 Å². The number of nitrogens with one attached hydrogen (secondary N) is 3. The number of carbonyl (C=O) groups is 2. The topological polar surface area (TPSA) is 70.2 Å². The highest BCUT2D eigenvalue weighted by Crippen LogP contribution is 2.41. The minimum atomic E-state index is -0.451. The fourth-order valence-corrected chi connectivity index (χ4v) is 3.04. The first kappa shape index (κ1) is 17.0. The predicted molar refractivity (Wildman–Crippen MR) is 94.8 cm³/mol. The maximum absolute atomic E-state index is 13.1. The fourth-order valence-electron chi connectivity index (χ4n) is 3.04. The van der Waals surface area contributed by atoms with E-state index in [4.69, 9.17) is 0 Å². The van der Waals surface area contributed by atoms with E-state index in [1.807, 2.05) is 0 Å². The zero-order valence-corrected chi connectivity index (χ0v) is 13.9. The Morgan fingerprint density at radius 1 is 1.00 bits per heavy atom. The molecule has 130 valence electrons. The van der Waals surface area contributed by atoms with Crippen molar-refractivity contribution in [2.75, 3.05) is 10.6 Å². The number of urea groups is 1. The molecule has 3 N–H and O–H groups in total. The molecule has 25 heavy (non-hydrogen) atoms. The smallest absolute Gasteiger partial charge is 0.319 e. The molecule has 0 aromatic heterocycles. The van der Waals surface area contributed by atoms with Crippen LogP contribution in [0.5, 0.6) is 0 Å². The van der Waals surface area contributed by atoms with E-state index in [1.54, 1.807) is 36.4 Å². The summed E-state index contributed by atoms with van der Waals surface area (Å²) in [6, 6.07) is 12.8. The highest BCUT2D eigenvalue weighted by atomic mass is 19.1. The Balaban J connectivity index is 1.69. The van der Waals surface area contributed by atoms with Crippen LogP contribution in [0.15, 0.2) is 48.5 Å². The molecule has 0 saturated heterocycles. The van der Waals surface area contributed by atoms with E-state index in [0.29, 0.717) is 11.4 Å².